The molecule has 0 saturated carbocycles. The summed E-state index contributed by atoms with van der Waals surface area (Å²) in [6.07, 6.45) is 2.55. The van der Waals surface area contributed by atoms with Crippen molar-refractivity contribution in [3.63, 3.8) is 0 Å². The Labute approximate surface area is 114 Å². The van der Waals surface area contributed by atoms with Gasteiger partial charge in [0.2, 0.25) is 0 Å². The molecular weight excluding hydrogens is 238 g/mol. The zero-order valence-electron chi connectivity index (χ0n) is 11.2. The number of esters is 1. The van der Waals surface area contributed by atoms with Crippen LogP contribution in [0, 0.1) is 11.8 Å². The van der Waals surface area contributed by atoms with Crippen LogP contribution in [0.25, 0.3) is 0 Å². The number of nitrogens with one attached hydrogen (secondary N) is 1. The molecule has 0 bridgehead atoms. The molecule has 1 heterocycles. The van der Waals surface area contributed by atoms with E-state index in [-0.39, 0.29) is 12.4 Å². The molecule has 0 amide bonds. The molecule has 1 aliphatic rings. The van der Waals surface area contributed by atoms with Crippen LogP contribution in [0.15, 0.2) is 24.3 Å². The van der Waals surface area contributed by atoms with Crippen LogP contribution in [-0.4, -0.2) is 26.2 Å². The van der Waals surface area contributed by atoms with Crippen molar-refractivity contribution in [2.75, 3.05) is 20.2 Å². The number of methoxy groups -OCH3 is 1. The SMILES string of the molecule is COC(=O)CC#Cc1ccc(C2CCNCC2)cc1. The van der Waals surface area contributed by atoms with Crippen molar-refractivity contribution >= 4 is 5.97 Å². The van der Waals surface area contributed by atoms with Crippen molar-refractivity contribution in [3.8, 4) is 11.8 Å². The minimum absolute atomic E-state index is 0.145. The van der Waals surface area contributed by atoms with E-state index in [2.05, 4.69) is 34.0 Å². The lowest BCUT2D eigenvalue weighted by Gasteiger charge is -2.22. The Balaban J connectivity index is 1.95. The molecule has 0 radical (unpaired) electrons. The van der Waals surface area contributed by atoms with Gasteiger partial charge in [0.25, 0.3) is 0 Å². The van der Waals surface area contributed by atoms with E-state index in [0.717, 1.165) is 18.7 Å². The molecule has 100 valence electrons. The molecule has 0 aliphatic carbocycles. The third-order valence-corrected chi connectivity index (χ3v) is 3.41. The fourth-order valence-electron chi connectivity index (χ4n) is 2.28. The Bertz CT molecular complexity index is 476. The summed E-state index contributed by atoms with van der Waals surface area (Å²) in [5.41, 5.74) is 2.33. The van der Waals surface area contributed by atoms with Gasteiger partial charge < -0.3 is 10.1 Å². The van der Waals surface area contributed by atoms with Gasteiger partial charge in [-0.15, -0.1) is 0 Å². The summed E-state index contributed by atoms with van der Waals surface area (Å²) in [6.45, 7) is 2.21. The number of ether oxygens (including phenoxy) is 1. The Morgan fingerprint density at radius 1 is 1.32 bits per heavy atom. The highest BCUT2D eigenvalue weighted by molar-refractivity contribution is 5.72. The molecule has 3 nitrogen and oxygen atoms in total. The van der Waals surface area contributed by atoms with Crippen LogP contribution >= 0.6 is 0 Å². The maximum Gasteiger partial charge on any atom is 0.317 e. The number of benzene rings is 1. The van der Waals surface area contributed by atoms with Gasteiger partial charge >= 0.3 is 5.97 Å². The second kappa shape index (κ2) is 6.96. The van der Waals surface area contributed by atoms with Crippen molar-refractivity contribution in [1.82, 2.24) is 5.32 Å². The maximum atomic E-state index is 10.9. The number of carbonyl (C=O) groups excluding carboxylic acids is 1. The largest absolute Gasteiger partial charge is 0.468 e. The fraction of sp³-hybridized carbons (Fsp3) is 0.438. The third-order valence-electron chi connectivity index (χ3n) is 3.41. The highest BCUT2D eigenvalue weighted by atomic mass is 16.5. The Kier molecular flexibility index (Phi) is 5.00. The summed E-state index contributed by atoms with van der Waals surface area (Å²) < 4.78 is 4.54. The molecule has 0 atom stereocenters. The summed E-state index contributed by atoms with van der Waals surface area (Å²) in [5.74, 6) is 6.17. The quantitative estimate of drug-likeness (QED) is 0.651. The van der Waals surface area contributed by atoms with Crippen LogP contribution in [-0.2, 0) is 9.53 Å². The second-order valence-corrected chi connectivity index (χ2v) is 4.70. The minimum Gasteiger partial charge on any atom is -0.468 e. The number of hydrogen-bond acceptors (Lipinski definition) is 3. The molecule has 0 spiro atoms. The van der Waals surface area contributed by atoms with E-state index in [1.54, 1.807) is 0 Å². The molecule has 1 N–H and O–H groups in total. The summed E-state index contributed by atoms with van der Waals surface area (Å²) in [6, 6.07) is 8.36. The van der Waals surface area contributed by atoms with E-state index in [4.69, 9.17) is 0 Å². The van der Waals surface area contributed by atoms with Gasteiger partial charge in [-0.2, -0.15) is 0 Å². The Morgan fingerprint density at radius 2 is 2.00 bits per heavy atom. The first-order valence-electron chi connectivity index (χ1n) is 6.66. The molecule has 19 heavy (non-hydrogen) atoms. The van der Waals surface area contributed by atoms with Gasteiger partial charge in [-0.3, -0.25) is 4.79 Å². The van der Waals surface area contributed by atoms with Crippen molar-refractivity contribution in [2.24, 2.45) is 0 Å². The molecule has 1 saturated heterocycles. The van der Waals surface area contributed by atoms with Crippen LogP contribution in [0.3, 0.4) is 0 Å². The average Bonchev–Trinajstić information content (AvgIpc) is 2.48. The third kappa shape index (κ3) is 4.11. The number of piperidine rings is 1. The van der Waals surface area contributed by atoms with E-state index >= 15 is 0 Å². The Morgan fingerprint density at radius 3 is 2.63 bits per heavy atom. The van der Waals surface area contributed by atoms with E-state index in [1.807, 2.05) is 12.1 Å². The van der Waals surface area contributed by atoms with Crippen molar-refractivity contribution < 1.29 is 9.53 Å². The van der Waals surface area contributed by atoms with Gasteiger partial charge in [0.15, 0.2) is 0 Å². The monoisotopic (exact) mass is 257 g/mol. The first-order chi connectivity index (χ1) is 9.29. The zero-order chi connectivity index (χ0) is 13.5. The van der Waals surface area contributed by atoms with Gasteiger partial charge in [-0.05, 0) is 49.5 Å². The van der Waals surface area contributed by atoms with Gasteiger partial charge in [0, 0.05) is 5.56 Å². The Hall–Kier alpha value is -1.79. The van der Waals surface area contributed by atoms with Crippen LogP contribution in [0.5, 0.6) is 0 Å². The molecule has 1 aromatic rings. The summed E-state index contributed by atoms with van der Waals surface area (Å²) >= 11 is 0. The lowest BCUT2D eigenvalue weighted by atomic mass is 9.90. The van der Waals surface area contributed by atoms with E-state index in [0.29, 0.717) is 5.92 Å². The lowest BCUT2D eigenvalue weighted by Crippen LogP contribution is -2.26. The summed E-state index contributed by atoms with van der Waals surface area (Å²) in [7, 11) is 1.37. The molecule has 2 rings (SSSR count). The smallest absolute Gasteiger partial charge is 0.317 e. The molecule has 0 unspecified atom stereocenters. The van der Waals surface area contributed by atoms with Crippen LogP contribution < -0.4 is 5.32 Å². The molecule has 1 aromatic carbocycles. The zero-order valence-corrected chi connectivity index (χ0v) is 11.2. The van der Waals surface area contributed by atoms with Crippen LogP contribution in [0.2, 0.25) is 0 Å². The van der Waals surface area contributed by atoms with E-state index in [1.165, 1.54) is 25.5 Å². The van der Waals surface area contributed by atoms with Crippen molar-refractivity contribution in [3.05, 3.63) is 35.4 Å². The summed E-state index contributed by atoms with van der Waals surface area (Å²) in [4.78, 5) is 10.9. The predicted octanol–water partition coefficient (Wildman–Crippen LogP) is 2.07. The maximum absolute atomic E-state index is 10.9. The topological polar surface area (TPSA) is 38.3 Å². The van der Waals surface area contributed by atoms with Gasteiger partial charge in [-0.1, -0.05) is 24.0 Å². The highest BCUT2D eigenvalue weighted by Gasteiger charge is 2.14. The van der Waals surface area contributed by atoms with Crippen LogP contribution in [0.1, 0.15) is 36.3 Å². The second-order valence-electron chi connectivity index (χ2n) is 4.70. The number of rotatable bonds is 2. The minimum atomic E-state index is -0.293. The predicted molar refractivity (Wildman–Crippen MR) is 74.8 cm³/mol. The summed E-state index contributed by atoms with van der Waals surface area (Å²) in [5, 5.41) is 3.37. The first-order valence-corrected chi connectivity index (χ1v) is 6.66. The van der Waals surface area contributed by atoms with Gasteiger partial charge in [-0.25, -0.2) is 0 Å². The molecule has 1 fully saturated rings. The average molecular weight is 257 g/mol. The molecular formula is C16H19NO2. The molecule has 1 aliphatic heterocycles. The van der Waals surface area contributed by atoms with Gasteiger partial charge in [0.05, 0.1) is 7.11 Å². The fourth-order valence-corrected chi connectivity index (χ4v) is 2.28. The normalized spacial score (nSPS) is 15.4. The highest BCUT2D eigenvalue weighted by Crippen LogP contribution is 2.24. The van der Waals surface area contributed by atoms with Crippen molar-refractivity contribution in [2.45, 2.75) is 25.2 Å². The van der Waals surface area contributed by atoms with Gasteiger partial charge in [0.1, 0.15) is 6.42 Å². The first kappa shape index (κ1) is 13.6. The van der Waals surface area contributed by atoms with Crippen LogP contribution in [0.4, 0.5) is 0 Å². The standard InChI is InChI=1S/C16H19NO2/c1-19-16(18)4-2-3-13-5-7-14(8-6-13)15-9-11-17-12-10-15/h5-8,15,17H,4,9-12H2,1H3. The lowest BCUT2D eigenvalue weighted by molar-refractivity contribution is -0.139. The van der Waals surface area contributed by atoms with Crippen molar-refractivity contribution in [1.29, 1.82) is 0 Å². The molecule has 0 aromatic heterocycles. The number of hydrogen-bond donors (Lipinski definition) is 1. The van der Waals surface area contributed by atoms with E-state index in [9.17, 15) is 4.79 Å². The van der Waals surface area contributed by atoms with E-state index < -0.39 is 0 Å². The number of carbonyl (C=O) groups is 1. The molecule has 3 heteroatoms.